The van der Waals surface area contributed by atoms with Crippen molar-refractivity contribution in [3.63, 3.8) is 0 Å². The molecule has 0 N–H and O–H groups in total. The minimum absolute atomic E-state index is 0.125. The molecule has 0 bridgehead atoms. The van der Waals surface area contributed by atoms with Gasteiger partial charge in [-0.2, -0.15) is 0 Å². The van der Waals surface area contributed by atoms with Crippen LogP contribution in [0.1, 0.15) is 11.5 Å². The lowest BCUT2D eigenvalue weighted by Gasteiger charge is -1.98. The summed E-state index contributed by atoms with van der Waals surface area (Å²) in [6.45, 7) is 1.86. The molecule has 1 heterocycles. The van der Waals surface area contributed by atoms with Crippen LogP contribution in [0.15, 0.2) is 22.6 Å². The van der Waals surface area contributed by atoms with Crippen LogP contribution in [0.4, 0.5) is 4.39 Å². The van der Waals surface area contributed by atoms with Crippen LogP contribution >= 0.6 is 11.6 Å². The molecule has 3 nitrogen and oxygen atoms in total. The maximum absolute atomic E-state index is 13.4. The first-order valence-corrected chi connectivity index (χ1v) is 4.89. The Bertz CT molecular complexity index is 484. The molecule has 2 rings (SSSR count). The van der Waals surface area contributed by atoms with E-state index in [-0.39, 0.29) is 23.5 Å². The predicted octanol–water partition coefficient (Wildman–Crippen LogP) is 2.92. The maximum Gasteiger partial charge on any atom is 0.250 e. The number of rotatable bonds is 2. The second kappa shape index (κ2) is 3.98. The van der Waals surface area contributed by atoms with Gasteiger partial charge >= 0.3 is 0 Å². The second-order valence-corrected chi connectivity index (χ2v) is 3.39. The lowest BCUT2D eigenvalue weighted by atomic mass is 10.1. The monoisotopic (exact) mass is 226 g/mol. The average Bonchev–Trinajstić information content (AvgIpc) is 2.70. The summed E-state index contributed by atoms with van der Waals surface area (Å²) in [7, 11) is 0. The number of aromatic nitrogens is 2. The lowest BCUT2D eigenvalue weighted by molar-refractivity contribution is 0.521. The highest BCUT2D eigenvalue weighted by molar-refractivity contribution is 6.16. The van der Waals surface area contributed by atoms with Gasteiger partial charge in [0.2, 0.25) is 5.89 Å². The van der Waals surface area contributed by atoms with Crippen molar-refractivity contribution in [2.24, 2.45) is 0 Å². The molecule has 0 saturated heterocycles. The van der Waals surface area contributed by atoms with Crippen molar-refractivity contribution in [2.45, 2.75) is 12.8 Å². The molecule has 0 spiro atoms. The van der Waals surface area contributed by atoms with Gasteiger partial charge in [0.25, 0.3) is 5.89 Å². The van der Waals surface area contributed by atoms with Crippen molar-refractivity contribution in [3.8, 4) is 11.5 Å². The summed E-state index contributed by atoms with van der Waals surface area (Å²) in [5.41, 5.74) is 1.23. The summed E-state index contributed by atoms with van der Waals surface area (Å²) >= 11 is 5.51. The smallest absolute Gasteiger partial charge is 0.250 e. The van der Waals surface area contributed by atoms with Gasteiger partial charge in [-0.1, -0.05) is 11.6 Å². The third kappa shape index (κ3) is 1.99. The van der Waals surface area contributed by atoms with Crippen LogP contribution in [0.25, 0.3) is 11.5 Å². The van der Waals surface area contributed by atoms with Gasteiger partial charge in [0.05, 0.1) is 5.56 Å². The second-order valence-electron chi connectivity index (χ2n) is 3.12. The molecule has 78 valence electrons. The Kier molecular flexibility index (Phi) is 2.68. The zero-order valence-corrected chi connectivity index (χ0v) is 8.75. The molecular weight excluding hydrogens is 219 g/mol. The molecule has 0 amide bonds. The number of hydrogen-bond donors (Lipinski definition) is 0. The fourth-order valence-corrected chi connectivity index (χ4v) is 1.33. The van der Waals surface area contributed by atoms with E-state index in [4.69, 9.17) is 16.0 Å². The molecule has 1 aromatic heterocycles. The van der Waals surface area contributed by atoms with E-state index in [1.807, 2.05) is 6.92 Å². The fourth-order valence-electron chi connectivity index (χ4n) is 1.22. The lowest BCUT2D eigenvalue weighted by Crippen LogP contribution is -1.85. The van der Waals surface area contributed by atoms with E-state index in [0.29, 0.717) is 5.56 Å². The van der Waals surface area contributed by atoms with Crippen LogP contribution in [0, 0.1) is 12.7 Å². The first-order chi connectivity index (χ1) is 7.20. The SMILES string of the molecule is Cc1ccc(F)c(-c2nnc(CCl)o2)c1. The molecule has 0 aliphatic carbocycles. The Balaban J connectivity index is 2.48. The van der Waals surface area contributed by atoms with Gasteiger partial charge in [-0.25, -0.2) is 4.39 Å². The molecule has 2 aromatic rings. The van der Waals surface area contributed by atoms with Gasteiger partial charge in [0.15, 0.2) is 0 Å². The first-order valence-electron chi connectivity index (χ1n) is 4.35. The highest BCUT2D eigenvalue weighted by Crippen LogP contribution is 2.22. The van der Waals surface area contributed by atoms with E-state index in [0.717, 1.165) is 5.56 Å². The molecule has 0 atom stereocenters. The van der Waals surface area contributed by atoms with Crippen molar-refractivity contribution < 1.29 is 8.81 Å². The normalized spacial score (nSPS) is 10.6. The van der Waals surface area contributed by atoms with Gasteiger partial charge < -0.3 is 4.42 Å². The molecule has 15 heavy (non-hydrogen) atoms. The van der Waals surface area contributed by atoms with Gasteiger partial charge in [-0.3, -0.25) is 0 Å². The number of aryl methyl sites for hydroxylation is 1. The number of halogens is 2. The van der Waals surface area contributed by atoms with Crippen molar-refractivity contribution in [1.29, 1.82) is 0 Å². The zero-order chi connectivity index (χ0) is 10.8. The molecule has 0 aliphatic heterocycles. The predicted molar refractivity (Wildman–Crippen MR) is 54.0 cm³/mol. The van der Waals surface area contributed by atoms with Crippen molar-refractivity contribution >= 4 is 11.6 Å². The van der Waals surface area contributed by atoms with E-state index in [1.54, 1.807) is 12.1 Å². The Labute approximate surface area is 90.9 Å². The molecule has 0 saturated carbocycles. The van der Waals surface area contributed by atoms with E-state index in [9.17, 15) is 4.39 Å². The summed E-state index contributed by atoms with van der Waals surface area (Å²) in [6.07, 6.45) is 0. The molecule has 1 aromatic carbocycles. The number of hydrogen-bond acceptors (Lipinski definition) is 3. The number of benzene rings is 1. The van der Waals surface area contributed by atoms with Gasteiger partial charge in [-0.05, 0) is 19.1 Å². The minimum Gasteiger partial charge on any atom is -0.419 e. The Hall–Kier alpha value is -1.42. The Morgan fingerprint density at radius 3 is 2.87 bits per heavy atom. The van der Waals surface area contributed by atoms with Crippen LogP contribution in [0.3, 0.4) is 0 Å². The third-order valence-corrected chi connectivity index (χ3v) is 2.16. The van der Waals surface area contributed by atoms with E-state index < -0.39 is 0 Å². The standard InChI is InChI=1S/C10H8ClFN2O/c1-6-2-3-8(12)7(4-6)10-14-13-9(5-11)15-10/h2-4H,5H2,1H3. The summed E-state index contributed by atoms with van der Waals surface area (Å²) in [4.78, 5) is 0. The summed E-state index contributed by atoms with van der Waals surface area (Å²) in [5.74, 6) is 0.185. The molecule has 0 fully saturated rings. The fraction of sp³-hybridized carbons (Fsp3) is 0.200. The maximum atomic E-state index is 13.4. The first kappa shape index (κ1) is 10.1. The van der Waals surface area contributed by atoms with Crippen LogP contribution < -0.4 is 0 Å². The van der Waals surface area contributed by atoms with Crippen molar-refractivity contribution in [3.05, 3.63) is 35.5 Å². The summed E-state index contributed by atoms with van der Waals surface area (Å²) in [5, 5.41) is 7.38. The highest BCUT2D eigenvalue weighted by atomic mass is 35.5. The highest BCUT2D eigenvalue weighted by Gasteiger charge is 2.12. The Morgan fingerprint density at radius 2 is 2.20 bits per heavy atom. The number of alkyl halides is 1. The Morgan fingerprint density at radius 1 is 1.40 bits per heavy atom. The molecule has 0 unspecified atom stereocenters. The minimum atomic E-state index is -0.384. The van der Waals surface area contributed by atoms with Crippen LogP contribution in [0.5, 0.6) is 0 Å². The van der Waals surface area contributed by atoms with E-state index in [2.05, 4.69) is 10.2 Å². The summed E-state index contributed by atoms with van der Waals surface area (Å²) in [6, 6.07) is 4.70. The van der Waals surface area contributed by atoms with E-state index >= 15 is 0 Å². The largest absolute Gasteiger partial charge is 0.419 e. The van der Waals surface area contributed by atoms with Gasteiger partial charge in [0, 0.05) is 0 Å². The molecule has 0 radical (unpaired) electrons. The molecule has 0 aliphatic rings. The third-order valence-electron chi connectivity index (χ3n) is 1.93. The number of nitrogens with zero attached hydrogens (tertiary/aromatic N) is 2. The zero-order valence-electron chi connectivity index (χ0n) is 8.00. The van der Waals surface area contributed by atoms with Crippen LogP contribution in [-0.4, -0.2) is 10.2 Å². The molecule has 5 heteroatoms. The average molecular weight is 227 g/mol. The van der Waals surface area contributed by atoms with Crippen molar-refractivity contribution in [2.75, 3.05) is 0 Å². The quantitative estimate of drug-likeness (QED) is 0.739. The van der Waals surface area contributed by atoms with Crippen LogP contribution in [-0.2, 0) is 5.88 Å². The summed E-state index contributed by atoms with van der Waals surface area (Å²) < 4.78 is 18.6. The molecular formula is C10H8ClFN2O. The van der Waals surface area contributed by atoms with Crippen LogP contribution in [0.2, 0.25) is 0 Å². The van der Waals surface area contributed by atoms with Crippen molar-refractivity contribution in [1.82, 2.24) is 10.2 Å². The topological polar surface area (TPSA) is 38.9 Å². The van der Waals surface area contributed by atoms with Gasteiger partial charge in [-0.15, -0.1) is 21.8 Å². The van der Waals surface area contributed by atoms with Gasteiger partial charge in [0.1, 0.15) is 11.7 Å². The van der Waals surface area contributed by atoms with E-state index in [1.165, 1.54) is 6.07 Å².